The second kappa shape index (κ2) is 3.85. The minimum absolute atomic E-state index is 0.0423. The van der Waals surface area contributed by atoms with Crippen LogP contribution in [0.1, 0.15) is 17.4 Å². The van der Waals surface area contributed by atoms with E-state index in [4.69, 9.17) is 10.8 Å². The van der Waals surface area contributed by atoms with E-state index in [0.717, 1.165) is 0 Å². The molecule has 0 saturated heterocycles. The van der Waals surface area contributed by atoms with Gasteiger partial charge >= 0.3 is 0 Å². The van der Waals surface area contributed by atoms with Crippen LogP contribution < -0.4 is 11.1 Å². The minimum Gasteiger partial charge on any atom is -0.392 e. The van der Waals surface area contributed by atoms with Crippen molar-refractivity contribution in [3.05, 3.63) is 5.69 Å². The number of carbonyl (C=O) groups is 1. The SMILES string of the molecule is CC(O)CNC(=O)c1n[nH]nc1N. The van der Waals surface area contributed by atoms with Crippen LogP contribution in [-0.2, 0) is 0 Å². The van der Waals surface area contributed by atoms with Crippen molar-refractivity contribution in [1.82, 2.24) is 20.7 Å². The molecule has 1 amide bonds. The molecule has 72 valence electrons. The third-order valence-corrected chi connectivity index (χ3v) is 1.35. The molecule has 1 heterocycles. The third-order valence-electron chi connectivity index (χ3n) is 1.35. The van der Waals surface area contributed by atoms with Gasteiger partial charge in [-0.15, -0.1) is 10.2 Å². The first-order valence-electron chi connectivity index (χ1n) is 3.73. The molecule has 0 aliphatic rings. The highest BCUT2D eigenvalue weighted by molar-refractivity contribution is 5.96. The standard InChI is InChI=1S/C6H11N5O2/c1-3(12)2-8-6(13)4-5(7)10-11-9-4/h3,12H,2H2,1H3,(H,8,13)(H3,7,9,10,11). The van der Waals surface area contributed by atoms with E-state index in [2.05, 4.69) is 20.7 Å². The summed E-state index contributed by atoms with van der Waals surface area (Å²) in [5, 5.41) is 20.6. The van der Waals surface area contributed by atoms with E-state index in [1.54, 1.807) is 6.92 Å². The Balaban J connectivity index is 2.54. The summed E-state index contributed by atoms with van der Waals surface area (Å²) in [6.45, 7) is 1.72. The molecule has 1 rings (SSSR count). The van der Waals surface area contributed by atoms with Crippen LogP contribution in [0.5, 0.6) is 0 Å². The fourth-order valence-electron chi connectivity index (χ4n) is 0.730. The molecule has 0 spiro atoms. The van der Waals surface area contributed by atoms with Crippen LogP contribution in [-0.4, -0.2) is 39.1 Å². The monoisotopic (exact) mass is 185 g/mol. The van der Waals surface area contributed by atoms with Crippen LogP contribution in [0.25, 0.3) is 0 Å². The number of nitrogens with one attached hydrogen (secondary N) is 2. The van der Waals surface area contributed by atoms with Gasteiger partial charge in [-0.3, -0.25) is 4.79 Å². The average molecular weight is 185 g/mol. The highest BCUT2D eigenvalue weighted by Crippen LogP contribution is 2.00. The summed E-state index contributed by atoms with van der Waals surface area (Å²) in [7, 11) is 0. The van der Waals surface area contributed by atoms with E-state index >= 15 is 0 Å². The van der Waals surface area contributed by atoms with Crippen LogP contribution >= 0.6 is 0 Å². The summed E-state index contributed by atoms with van der Waals surface area (Å²) in [6.07, 6.45) is -0.600. The smallest absolute Gasteiger partial charge is 0.275 e. The number of nitrogen functional groups attached to an aromatic ring is 1. The zero-order chi connectivity index (χ0) is 9.84. The molecule has 0 aliphatic heterocycles. The van der Waals surface area contributed by atoms with Crippen LogP contribution in [0.4, 0.5) is 5.82 Å². The average Bonchev–Trinajstić information content (AvgIpc) is 2.47. The van der Waals surface area contributed by atoms with E-state index in [0.29, 0.717) is 0 Å². The number of hydrogen-bond acceptors (Lipinski definition) is 5. The van der Waals surface area contributed by atoms with E-state index in [-0.39, 0.29) is 18.1 Å². The molecule has 0 fully saturated rings. The highest BCUT2D eigenvalue weighted by atomic mass is 16.3. The van der Waals surface area contributed by atoms with Crippen LogP contribution in [0.2, 0.25) is 0 Å². The van der Waals surface area contributed by atoms with E-state index in [1.807, 2.05) is 0 Å². The van der Waals surface area contributed by atoms with Crippen LogP contribution in [0.3, 0.4) is 0 Å². The number of aromatic nitrogens is 3. The number of aromatic amines is 1. The predicted octanol–water partition coefficient (Wildman–Crippen LogP) is -1.50. The summed E-state index contributed by atoms with van der Waals surface area (Å²) in [4.78, 5) is 11.2. The first kappa shape index (κ1) is 9.46. The first-order chi connectivity index (χ1) is 6.11. The lowest BCUT2D eigenvalue weighted by Crippen LogP contribution is -2.31. The minimum atomic E-state index is -0.600. The molecule has 5 N–H and O–H groups in total. The van der Waals surface area contributed by atoms with Gasteiger partial charge in [0.1, 0.15) is 0 Å². The fraction of sp³-hybridized carbons (Fsp3) is 0.500. The number of rotatable bonds is 3. The van der Waals surface area contributed by atoms with Crippen LogP contribution in [0.15, 0.2) is 0 Å². The van der Waals surface area contributed by atoms with Gasteiger partial charge in [0.2, 0.25) is 0 Å². The molecule has 13 heavy (non-hydrogen) atoms. The Labute approximate surface area is 74.3 Å². The van der Waals surface area contributed by atoms with Gasteiger partial charge in [0.05, 0.1) is 6.10 Å². The molecule has 0 bridgehead atoms. The van der Waals surface area contributed by atoms with Crippen molar-refractivity contribution in [1.29, 1.82) is 0 Å². The van der Waals surface area contributed by atoms with E-state index < -0.39 is 12.0 Å². The molecule has 7 heteroatoms. The van der Waals surface area contributed by atoms with Crippen molar-refractivity contribution in [2.45, 2.75) is 13.0 Å². The number of hydrogen-bond donors (Lipinski definition) is 4. The Morgan fingerprint density at radius 3 is 2.92 bits per heavy atom. The molecule has 0 radical (unpaired) electrons. The summed E-state index contributed by atoms with van der Waals surface area (Å²) >= 11 is 0. The lowest BCUT2D eigenvalue weighted by atomic mass is 10.3. The molecule has 7 nitrogen and oxygen atoms in total. The maximum atomic E-state index is 11.2. The number of aliphatic hydroxyl groups is 1. The van der Waals surface area contributed by atoms with Crippen molar-refractivity contribution < 1.29 is 9.90 Å². The number of nitrogens with two attached hydrogens (primary N) is 1. The van der Waals surface area contributed by atoms with Crippen molar-refractivity contribution >= 4 is 11.7 Å². The quantitative estimate of drug-likeness (QED) is 0.457. The zero-order valence-electron chi connectivity index (χ0n) is 7.11. The molecule has 0 aromatic carbocycles. The van der Waals surface area contributed by atoms with Crippen molar-refractivity contribution in [2.24, 2.45) is 0 Å². The number of amides is 1. The lowest BCUT2D eigenvalue weighted by Gasteiger charge is -2.04. The Bertz CT molecular complexity index is 295. The molecular formula is C6H11N5O2. The number of nitrogens with zero attached hydrogens (tertiary/aromatic N) is 2. The molecule has 1 aromatic heterocycles. The number of anilines is 1. The second-order valence-electron chi connectivity index (χ2n) is 2.62. The molecular weight excluding hydrogens is 174 g/mol. The predicted molar refractivity (Wildman–Crippen MR) is 44.8 cm³/mol. The van der Waals surface area contributed by atoms with Gasteiger partial charge in [0.25, 0.3) is 5.91 Å². The van der Waals surface area contributed by atoms with Gasteiger partial charge in [-0.05, 0) is 6.92 Å². The van der Waals surface area contributed by atoms with Crippen molar-refractivity contribution in [2.75, 3.05) is 12.3 Å². The molecule has 0 saturated carbocycles. The number of H-pyrrole nitrogens is 1. The topological polar surface area (TPSA) is 117 Å². The summed E-state index contributed by atoms with van der Waals surface area (Å²) < 4.78 is 0. The lowest BCUT2D eigenvalue weighted by molar-refractivity contribution is 0.0920. The van der Waals surface area contributed by atoms with Crippen molar-refractivity contribution in [3.63, 3.8) is 0 Å². The van der Waals surface area contributed by atoms with E-state index in [9.17, 15) is 4.79 Å². The normalized spacial score (nSPS) is 12.5. The van der Waals surface area contributed by atoms with Crippen LogP contribution in [0, 0.1) is 0 Å². The summed E-state index contributed by atoms with van der Waals surface area (Å²) in [5.74, 6) is -0.407. The zero-order valence-corrected chi connectivity index (χ0v) is 7.11. The Morgan fingerprint density at radius 2 is 2.46 bits per heavy atom. The largest absolute Gasteiger partial charge is 0.392 e. The Kier molecular flexibility index (Phi) is 2.80. The molecule has 0 aliphatic carbocycles. The molecule has 1 aromatic rings. The summed E-state index contributed by atoms with van der Waals surface area (Å²) in [6, 6.07) is 0. The second-order valence-corrected chi connectivity index (χ2v) is 2.62. The number of carbonyl (C=O) groups excluding carboxylic acids is 1. The van der Waals surface area contributed by atoms with Gasteiger partial charge in [0, 0.05) is 6.54 Å². The third kappa shape index (κ3) is 2.41. The van der Waals surface area contributed by atoms with Gasteiger partial charge in [-0.1, -0.05) is 0 Å². The Hall–Kier alpha value is -1.63. The van der Waals surface area contributed by atoms with Gasteiger partial charge in [0.15, 0.2) is 11.5 Å². The maximum Gasteiger partial charge on any atom is 0.275 e. The Morgan fingerprint density at radius 1 is 1.77 bits per heavy atom. The van der Waals surface area contributed by atoms with Gasteiger partial charge in [-0.25, -0.2) is 0 Å². The van der Waals surface area contributed by atoms with E-state index in [1.165, 1.54) is 0 Å². The van der Waals surface area contributed by atoms with Crippen molar-refractivity contribution in [3.8, 4) is 0 Å². The first-order valence-corrected chi connectivity index (χ1v) is 3.73. The molecule has 1 atom stereocenters. The fourth-order valence-corrected chi connectivity index (χ4v) is 0.730. The van der Waals surface area contributed by atoms with Gasteiger partial charge < -0.3 is 16.2 Å². The number of aliphatic hydroxyl groups excluding tert-OH is 1. The highest BCUT2D eigenvalue weighted by Gasteiger charge is 2.13. The maximum absolute atomic E-state index is 11.2. The molecule has 1 unspecified atom stereocenters. The summed E-state index contributed by atoms with van der Waals surface area (Å²) in [5.41, 5.74) is 5.36. The van der Waals surface area contributed by atoms with Gasteiger partial charge in [-0.2, -0.15) is 5.21 Å².